The van der Waals surface area contributed by atoms with Crippen LogP contribution in [0.5, 0.6) is 0 Å². The normalized spacial score (nSPS) is 25.9. The maximum atomic E-state index is 5.83. The van der Waals surface area contributed by atoms with Crippen molar-refractivity contribution in [2.75, 3.05) is 26.4 Å². The largest absolute Gasteiger partial charge is 0.381 e. The van der Waals surface area contributed by atoms with Crippen molar-refractivity contribution in [2.24, 2.45) is 5.41 Å². The molecule has 0 bridgehead atoms. The summed E-state index contributed by atoms with van der Waals surface area (Å²) in [6, 6.07) is 0. The Kier molecular flexibility index (Phi) is 7.06. The molecule has 0 amide bonds. The van der Waals surface area contributed by atoms with E-state index in [4.69, 9.17) is 9.47 Å². The molecule has 0 aliphatic carbocycles. The van der Waals surface area contributed by atoms with Gasteiger partial charge in [-0.15, -0.1) is 0 Å². The molecule has 2 nitrogen and oxygen atoms in total. The monoisotopic (exact) mass is 228 g/mol. The molecule has 1 saturated heterocycles. The molecule has 1 heterocycles. The summed E-state index contributed by atoms with van der Waals surface area (Å²) in [6.45, 7) is 8.18. The molecule has 1 aliphatic rings. The number of hydrogen-bond acceptors (Lipinski definition) is 2. The van der Waals surface area contributed by atoms with Crippen LogP contribution in [0.3, 0.4) is 0 Å². The lowest BCUT2D eigenvalue weighted by Crippen LogP contribution is -2.35. The Morgan fingerprint density at radius 1 is 1.19 bits per heavy atom. The van der Waals surface area contributed by atoms with Crippen molar-refractivity contribution in [1.82, 2.24) is 0 Å². The average molecular weight is 228 g/mol. The number of unbranched alkanes of at least 4 members (excludes halogenated alkanes) is 3. The van der Waals surface area contributed by atoms with Crippen LogP contribution in [0, 0.1) is 5.41 Å². The van der Waals surface area contributed by atoms with Gasteiger partial charge in [-0.05, 0) is 25.7 Å². The van der Waals surface area contributed by atoms with E-state index in [0.29, 0.717) is 5.41 Å². The second-order valence-electron chi connectivity index (χ2n) is 5.12. The summed E-state index contributed by atoms with van der Waals surface area (Å²) in [5, 5.41) is 0. The Morgan fingerprint density at radius 3 is 2.69 bits per heavy atom. The lowest BCUT2D eigenvalue weighted by atomic mass is 9.81. The van der Waals surface area contributed by atoms with Gasteiger partial charge in [-0.25, -0.2) is 0 Å². The van der Waals surface area contributed by atoms with Crippen LogP contribution in [0.4, 0.5) is 0 Å². The van der Waals surface area contributed by atoms with Gasteiger partial charge in [0.2, 0.25) is 0 Å². The zero-order chi connectivity index (χ0) is 11.7. The molecule has 0 aromatic carbocycles. The molecular weight excluding hydrogens is 200 g/mol. The highest BCUT2D eigenvalue weighted by Gasteiger charge is 2.31. The average Bonchev–Trinajstić information content (AvgIpc) is 2.35. The molecule has 0 aromatic heterocycles. The van der Waals surface area contributed by atoms with Gasteiger partial charge in [-0.1, -0.05) is 33.1 Å². The van der Waals surface area contributed by atoms with Crippen LogP contribution < -0.4 is 0 Å². The van der Waals surface area contributed by atoms with E-state index in [1.54, 1.807) is 0 Å². The maximum Gasteiger partial charge on any atom is 0.0544 e. The molecule has 16 heavy (non-hydrogen) atoms. The van der Waals surface area contributed by atoms with Gasteiger partial charge < -0.3 is 9.47 Å². The Balaban J connectivity index is 2.08. The molecule has 1 fully saturated rings. The SMILES string of the molecule is CCCCCCOCC1(CC)CCCOC1. The zero-order valence-electron chi connectivity index (χ0n) is 11.1. The van der Waals surface area contributed by atoms with Gasteiger partial charge >= 0.3 is 0 Å². The van der Waals surface area contributed by atoms with Crippen LogP contribution in [-0.2, 0) is 9.47 Å². The predicted octanol–water partition coefficient (Wildman–Crippen LogP) is 3.79. The summed E-state index contributed by atoms with van der Waals surface area (Å²) in [5.74, 6) is 0. The molecule has 0 aromatic rings. The van der Waals surface area contributed by atoms with Crippen LogP contribution >= 0.6 is 0 Å². The zero-order valence-corrected chi connectivity index (χ0v) is 11.1. The van der Waals surface area contributed by atoms with Gasteiger partial charge in [-0.3, -0.25) is 0 Å². The molecule has 0 radical (unpaired) electrons. The molecule has 2 heteroatoms. The molecule has 0 spiro atoms. The fourth-order valence-corrected chi connectivity index (χ4v) is 2.32. The summed E-state index contributed by atoms with van der Waals surface area (Å²) in [6.07, 6.45) is 8.83. The third kappa shape index (κ3) is 4.84. The first-order valence-corrected chi connectivity index (χ1v) is 6.98. The highest BCUT2D eigenvalue weighted by molar-refractivity contribution is 4.80. The minimum atomic E-state index is 0.322. The fraction of sp³-hybridized carbons (Fsp3) is 1.00. The first kappa shape index (κ1) is 14.0. The van der Waals surface area contributed by atoms with E-state index in [2.05, 4.69) is 13.8 Å². The van der Waals surface area contributed by atoms with Gasteiger partial charge in [0.1, 0.15) is 0 Å². The van der Waals surface area contributed by atoms with Crippen LogP contribution in [0.2, 0.25) is 0 Å². The van der Waals surface area contributed by atoms with Crippen molar-refractivity contribution in [3.05, 3.63) is 0 Å². The van der Waals surface area contributed by atoms with E-state index >= 15 is 0 Å². The second-order valence-corrected chi connectivity index (χ2v) is 5.12. The topological polar surface area (TPSA) is 18.5 Å². The molecular formula is C14H28O2. The van der Waals surface area contributed by atoms with Gasteiger partial charge in [0.25, 0.3) is 0 Å². The Labute approximate surface area is 101 Å². The van der Waals surface area contributed by atoms with E-state index in [0.717, 1.165) is 26.4 Å². The van der Waals surface area contributed by atoms with Crippen molar-refractivity contribution in [1.29, 1.82) is 0 Å². The summed E-state index contributed by atoms with van der Waals surface area (Å²) in [7, 11) is 0. The van der Waals surface area contributed by atoms with Gasteiger partial charge in [0.05, 0.1) is 13.2 Å². The van der Waals surface area contributed by atoms with E-state index in [-0.39, 0.29) is 0 Å². The molecule has 0 N–H and O–H groups in total. The predicted molar refractivity (Wildman–Crippen MR) is 67.7 cm³/mol. The Bertz CT molecular complexity index is 162. The summed E-state index contributed by atoms with van der Waals surface area (Å²) in [4.78, 5) is 0. The number of ether oxygens (including phenoxy) is 2. The van der Waals surface area contributed by atoms with E-state index < -0.39 is 0 Å². The standard InChI is InChI=1S/C14H28O2/c1-3-5-6-7-10-15-12-14(4-2)9-8-11-16-13-14/h3-13H2,1-2H3. The van der Waals surface area contributed by atoms with Crippen molar-refractivity contribution in [2.45, 2.75) is 58.8 Å². The molecule has 0 saturated carbocycles. The van der Waals surface area contributed by atoms with E-state index in [1.165, 1.54) is 44.9 Å². The first-order chi connectivity index (χ1) is 7.83. The lowest BCUT2D eigenvalue weighted by Gasteiger charge is -2.35. The van der Waals surface area contributed by atoms with Gasteiger partial charge in [0, 0.05) is 18.6 Å². The van der Waals surface area contributed by atoms with Crippen LogP contribution in [0.15, 0.2) is 0 Å². The van der Waals surface area contributed by atoms with Gasteiger partial charge in [0.15, 0.2) is 0 Å². The van der Waals surface area contributed by atoms with Crippen LogP contribution in [0.25, 0.3) is 0 Å². The molecule has 1 rings (SSSR count). The summed E-state index contributed by atoms with van der Waals surface area (Å²) >= 11 is 0. The third-order valence-electron chi connectivity index (χ3n) is 3.70. The number of hydrogen-bond donors (Lipinski definition) is 0. The van der Waals surface area contributed by atoms with Crippen LogP contribution in [-0.4, -0.2) is 26.4 Å². The fourth-order valence-electron chi connectivity index (χ4n) is 2.32. The molecule has 1 aliphatic heterocycles. The third-order valence-corrected chi connectivity index (χ3v) is 3.70. The second kappa shape index (κ2) is 8.08. The van der Waals surface area contributed by atoms with E-state index in [9.17, 15) is 0 Å². The van der Waals surface area contributed by atoms with Crippen molar-refractivity contribution in [3.8, 4) is 0 Å². The molecule has 1 unspecified atom stereocenters. The minimum absolute atomic E-state index is 0.322. The van der Waals surface area contributed by atoms with Gasteiger partial charge in [-0.2, -0.15) is 0 Å². The quantitative estimate of drug-likeness (QED) is 0.588. The highest BCUT2D eigenvalue weighted by atomic mass is 16.5. The lowest BCUT2D eigenvalue weighted by molar-refractivity contribution is -0.0613. The summed E-state index contributed by atoms with van der Waals surface area (Å²) < 4.78 is 11.4. The minimum Gasteiger partial charge on any atom is -0.381 e. The van der Waals surface area contributed by atoms with Crippen LogP contribution in [0.1, 0.15) is 58.8 Å². The molecule has 96 valence electrons. The first-order valence-electron chi connectivity index (χ1n) is 6.98. The van der Waals surface area contributed by atoms with E-state index in [1.807, 2.05) is 0 Å². The summed E-state index contributed by atoms with van der Waals surface area (Å²) in [5.41, 5.74) is 0.322. The Hall–Kier alpha value is -0.0800. The Morgan fingerprint density at radius 2 is 2.06 bits per heavy atom. The van der Waals surface area contributed by atoms with Crippen molar-refractivity contribution >= 4 is 0 Å². The maximum absolute atomic E-state index is 5.83. The van der Waals surface area contributed by atoms with Crippen molar-refractivity contribution < 1.29 is 9.47 Å². The molecule has 1 atom stereocenters. The highest BCUT2D eigenvalue weighted by Crippen LogP contribution is 2.32. The van der Waals surface area contributed by atoms with Crippen molar-refractivity contribution in [3.63, 3.8) is 0 Å². The number of rotatable bonds is 8. The smallest absolute Gasteiger partial charge is 0.0544 e.